The van der Waals surface area contributed by atoms with E-state index in [-0.39, 0.29) is 16.9 Å². The minimum atomic E-state index is -0.343. The van der Waals surface area contributed by atoms with Gasteiger partial charge in [0.15, 0.2) is 5.43 Å². The Morgan fingerprint density at radius 1 is 1.29 bits per heavy atom. The Kier molecular flexibility index (Phi) is 5.66. The summed E-state index contributed by atoms with van der Waals surface area (Å²) in [5.74, 6) is -0.343. The number of hydrogen-bond acceptors (Lipinski definition) is 4. The standard InChI is InChI=1S/C15H18N4O2/c20-14-4-8-18-11-13(14)15(21)19-7-2-6-17-10-12-3-1-5-16-9-12/h1,3-5,8-9,11,17H,2,6-7,10H2,(H,18,20)(H,19,21). The van der Waals surface area contributed by atoms with Crippen LogP contribution in [-0.4, -0.2) is 29.0 Å². The van der Waals surface area contributed by atoms with Gasteiger partial charge in [-0.25, -0.2) is 0 Å². The molecule has 2 aromatic rings. The van der Waals surface area contributed by atoms with Gasteiger partial charge in [-0.1, -0.05) is 6.07 Å². The van der Waals surface area contributed by atoms with Crippen LogP contribution < -0.4 is 16.1 Å². The van der Waals surface area contributed by atoms with E-state index < -0.39 is 0 Å². The Labute approximate surface area is 122 Å². The first kappa shape index (κ1) is 14.9. The van der Waals surface area contributed by atoms with E-state index in [1.165, 1.54) is 18.5 Å². The monoisotopic (exact) mass is 286 g/mol. The maximum atomic E-state index is 11.8. The van der Waals surface area contributed by atoms with Crippen LogP contribution in [0.25, 0.3) is 0 Å². The first-order chi connectivity index (χ1) is 10.3. The maximum absolute atomic E-state index is 11.8. The molecule has 0 fully saturated rings. The molecule has 0 aromatic carbocycles. The molecule has 0 aliphatic carbocycles. The van der Waals surface area contributed by atoms with Crippen LogP contribution in [0, 0.1) is 0 Å². The van der Waals surface area contributed by atoms with Crippen molar-refractivity contribution in [2.75, 3.05) is 13.1 Å². The fourth-order valence-electron chi connectivity index (χ4n) is 1.84. The number of aromatic nitrogens is 2. The Hall–Kier alpha value is -2.47. The summed E-state index contributed by atoms with van der Waals surface area (Å²) in [6, 6.07) is 5.24. The number of aromatic amines is 1. The average Bonchev–Trinajstić information content (AvgIpc) is 2.52. The molecular weight excluding hydrogens is 268 g/mol. The van der Waals surface area contributed by atoms with Gasteiger partial charge in [0.1, 0.15) is 5.56 Å². The van der Waals surface area contributed by atoms with Gasteiger partial charge in [-0.05, 0) is 24.6 Å². The van der Waals surface area contributed by atoms with Crippen molar-refractivity contribution in [1.82, 2.24) is 20.6 Å². The van der Waals surface area contributed by atoms with Crippen LogP contribution in [0.1, 0.15) is 22.3 Å². The minimum absolute atomic E-state index is 0.140. The smallest absolute Gasteiger partial charge is 0.256 e. The quantitative estimate of drug-likeness (QED) is 0.653. The third-order valence-electron chi connectivity index (χ3n) is 2.94. The summed E-state index contributed by atoms with van der Waals surface area (Å²) in [6.45, 7) is 2.05. The van der Waals surface area contributed by atoms with Crippen molar-refractivity contribution in [2.45, 2.75) is 13.0 Å². The normalized spacial score (nSPS) is 10.3. The lowest BCUT2D eigenvalue weighted by molar-refractivity contribution is 0.0952. The predicted molar refractivity (Wildman–Crippen MR) is 80.0 cm³/mol. The lowest BCUT2D eigenvalue weighted by Gasteiger charge is -2.06. The first-order valence-electron chi connectivity index (χ1n) is 6.82. The zero-order valence-electron chi connectivity index (χ0n) is 11.6. The van der Waals surface area contributed by atoms with Gasteiger partial charge in [-0.15, -0.1) is 0 Å². The molecule has 0 atom stereocenters. The molecule has 0 spiro atoms. The van der Waals surface area contributed by atoms with Crippen molar-refractivity contribution in [3.8, 4) is 0 Å². The van der Waals surface area contributed by atoms with E-state index in [9.17, 15) is 9.59 Å². The Morgan fingerprint density at radius 2 is 2.19 bits per heavy atom. The Morgan fingerprint density at radius 3 is 2.95 bits per heavy atom. The van der Waals surface area contributed by atoms with E-state index in [0.29, 0.717) is 6.54 Å². The summed E-state index contributed by atoms with van der Waals surface area (Å²) >= 11 is 0. The second-order valence-corrected chi connectivity index (χ2v) is 4.57. The van der Waals surface area contributed by atoms with Gasteiger partial charge in [0.05, 0.1) is 0 Å². The number of nitrogens with one attached hydrogen (secondary N) is 3. The number of rotatable bonds is 7. The predicted octanol–water partition coefficient (Wildman–Crippen LogP) is 0.680. The molecule has 0 radical (unpaired) electrons. The van der Waals surface area contributed by atoms with E-state index >= 15 is 0 Å². The number of carbonyl (C=O) groups excluding carboxylic acids is 1. The van der Waals surface area contributed by atoms with Crippen LogP contribution in [0.4, 0.5) is 0 Å². The van der Waals surface area contributed by atoms with Gasteiger partial charge < -0.3 is 15.6 Å². The Bertz CT molecular complexity index is 625. The van der Waals surface area contributed by atoms with Gasteiger partial charge in [-0.2, -0.15) is 0 Å². The highest BCUT2D eigenvalue weighted by Crippen LogP contribution is 1.94. The van der Waals surface area contributed by atoms with Gasteiger partial charge in [0.25, 0.3) is 5.91 Å². The molecule has 2 aromatic heterocycles. The third kappa shape index (κ3) is 4.85. The van der Waals surface area contributed by atoms with Crippen molar-refractivity contribution in [2.24, 2.45) is 0 Å². The fourth-order valence-corrected chi connectivity index (χ4v) is 1.84. The van der Waals surface area contributed by atoms with Crippen LogP contribution in [0.5, 0.6) is 0 Å². The molecule has 2 rings (SSSR count). The van der Waals surface area contributed by atoms with E-state index in [4.69, 9.17) is 0 Å². The van der Waals surface area contributed by atoms with Gasteiger partial charge in [0.2, 0.25) is 0 Å². The number of pyridine rings is 2. The van der Waals surface area contributed by atoms with Crippen molar-refractivity contribution >= 4 is 5.91 Å². The molecule has 0 bridgehead atoms. The number of H-pyrrole nitrogens is 1. The van der Waals surface area contributed by atoms with Crippen LogP contribution >= 0.6 is 0 Å². The zero-order chi connectivity index (χ0) is 14.9. The topological polar surface area (TPSA) is 86.9 Å². The molecular formula is C15H18N4O2. The second kappa shape index (κ2) is 7.96. The number of carbonyl (C=O) groups is 1. The van der Waals surface area contributed by atoms with E-state index in [0.717, 1.165) is 25.1 Å². The fraction of sp³-hybridized carbons (Fsp3) is 0.267. The highest BCUT2D eigenvalue weighted by atomic mass is 16.2. The zero-order valence-corrected chi connectivity index (χ0v) is 11.6. The van der Waals surface area contributed by atoms with Crippen LogP contribution in [-0.2, 0) is 6.54 Å². The van der Waals surface area contributed by atoms with Crippen molar-refractivity contribution in [3.63, 3.8) is 0 Å². The average molecular weight is 286 g/mol. The van der Waals surface area contributed by atoms with Gasteiger partial charge in [0, 0.05) is 43.9 Å². The van der Waals surface area contributed by atoms with Crippen LogP contribution in [0.2, 0.25) is 0 Å². The molecule has 110 valence electrons. The third-order valence-corrected chi connectivity index (χ3v) is 2.94. The number of amides is 1. The molecule has 0 saturated heterocycles. The van der Waals surface area contributed by atoms with E-state index in [2.05, 4.69) is 20.6 Å². The molecule has 6 heteroatoms. The summed E-state index contributed by atoms with van der Waals surface area (Å²) in [4.78, 5) is 30.0. The van der Waals surface area contributed by atoms with Crippen molar-refractivity contribution in [3.05, 3.63) is 64.3 Å². The largest absolute Gasteiger partial charge is 0.367 e. The molecule has 2 heterocycles. The summed E-state index contributed by atoms with van der Waals surface area (Å²) in [7, 11) is 0. The maximum Gasteiger partial charge on any atom is 0.256 e. The lowest BCUT2D eigenvalue weighted by atomic mass is 10.2. The molecule has 0 unspecified atom stereocenters. The minimum Gasteiger partial charge on any atom is -0.367 e. The number of hydrogen-bond donors (Lipinski definition) is 3. The molecule has 0 aliphatic rings. The highest BCUT2D eigenvalue weighted by molar-refractivity contribution is 5.93. The van der Waals surface area contributed by atoms with Crippen molar-refractivity contribution < 1.29 is 4.79 Å². The van der Waals surface area contributed by atoms with E-state index in [1.807, 2.05) is 18.3 Å². The lowest BCUT2D eigenvalue weighted by Crippen LogP contribution is -2.30. The molecule has 3 N–H and O–H groups in total. The van der Waals surface area contributed by atoms with Gasteiger partial charge >= 0.3 is 0 Å². The SMILES string of the molecule is O=C(NCCCNCc1cccnc1)c1c[nH]ccc1=O. The van der Waals surface area contributed by atoms with Gasteiger partial charge in [-0.3, -0.25) is 14.6 Å². The second-order valence-electron chi connectivity index (χ2n) is 4.57. The van der Waals surface area contributed by atoms with Crippen molar-refractivity contribution in [1.29, 1.82) is 0 Å². The molecule has 0 aliphatic heterocycles. The molecule has 6 nitrogen and oxygen atoms in total. The van der Waals surface area contributed by atoms with Crippen LogP contribution in [0.3, 0.4) is 0 Å². The number of nitrogens with zero attached hydrogens (tertiary/aromatic N) is 1. The molecule has 1 amide bonds. The first-order valence-corrected chi connectivity index (χ1v) is 6.82. The Balaban J connectivity index is 1.63. The highest BCUT2D eigenvalue weighted by Gasteiger charge is 2.07. The summed E-state index contributed by atoms with van der Waals surface area (Å²) in [5.41, 5.74) is 0.985. The molecule has 21 heavy (non-hydrogen) atoms. The summed E-state index contributed by atoms with van der Waals surface area (Å²) in [5, 5.41) is 5.99. The molecule has 0 saturated carbocycles. The van der Waals surface area contributed by atoms with Crippen LogP contribution in [0.15, 0.2) is 47.8 Å². The summed E-state index contributed by atoms with van der Waals surface area (Å²) in [6.07, 6.45) is 7.26. The van der Waals surface area contributed by atoms with E-state index in [1.54, 1.807) is 6.20 Å². The summed E-state index contributed by atoms with van der Waals surface area (Å²) < 4.78 is 0.